The van der Waals surface area contributed by atoms with Gasteiger partial charge in [-0.25, -0.2) is 0 Å². The molecule has 0 aliphatic heterocycles. The number of benzene rings is 1. The Hall–Kier alpha value is -2.30. The average molecular weight is 302 g/mol. The second-order valence-electron chi connectivity index (χ2n) is 5.72. The number of amides is 1. The molecule has 0 radical (unpaired) electrons. The van der Waals surface area contributed by atoms with E-state index in [2.05, 4.69) is 5.32 Å². The Bertz CT molecular complexity index is 621. The second kappa shape index (κ2) is 6.64. The quantitative estimate of drug-likeness (QED) is 0.859. The summed E-state index contributed by atoms with van der Waals surface area (Å²) in [5, 5.41) is 14.1. The van der Waals surface area contributed by atoms with E-state index in [0.29, 0.717) is 24.3 Å². The fourth-order valence-electron chi connectivity index (χ4n) is 2.75. The summed E-state index contributed by atoms with van der Waals surface area (Å²) in [6, 6.07) is 6.98. The molecule has 0 fully saturated rings. The number of methoxy groups -OCH3 is 1. The topological polar surface area (TPSA) is 78.5 Å². The Balaban J connectivity index is 2.18. The lowest BCUT2D eigenvalue weighted by molar-refractivity contribution is -0.313. The molecule has 0 heterocycles. The molecule has 1 N–H and O–H groups in total. The highest BCUT2D eigenvalue weighted by atomic mass is 16.5. The van der Waals surface area contributed by atoms with E-state index >= 15 is 0 Å². The number of hydrogen-bond acceptors (Lipinski definition) is 4. The minimum Gasteiger partial charge on any atom is -0.550 e. The predicted molar refractivity (Wildman–Crippen MR) is 81.2 cm³/mol. The van der Waals surface area contributed by atoms with Gasteiger partial charge in [0.1, 0.15) is 5.75 Å². The molecule has 118 valence electrons. The van der Waals surface area contributed by atoms with Crippen molar-refractivity contribution in [3.63, 3.8) is 0 Å². The Morgan fingerprint density at radius 3 is 2.41 bits per heavy atom. The monoisotopic (exact) mass is 302 g/mol. The summed E-state index contributed by atoms with van der Waals surface area (Å²) in [6.45, 7) is 3.84. The summed E-state index contributed by atoms with van der Waals surface area (Å²) in [5.41, 5.74) is 2.69. The van der Waals surface area contributed by atoms with Gasteiger partial charge in [0.2, 0.25) is 5.91 Å². The number of carboxylic acid groups (broad SMARTS) is 1. The van der Waals surface area contributed by atoms with Crippen molar-refractivity contribution in [3.8, 4) is 5.75 Å². The smallest absolute Gasteiger partial charge is 0.228 e. The second-order valence-corrected chi connectivity index (χ2v) is 5.72. The van der Waals surface area contributed by atoms with E-state index in [0.717, 1.165) is 11.1 Å². The summed E-state index contributed by atoms with van der Waals surface area (Å²) < 4.78 is 5.11. The van der Waals surface area contributed by atoms with Gasteiger partial charge < -0.3 is 20.0 Å². The highest BCUT2D eigenvalue weighted by molar-refractivity contribution is 5.95. The largest absolute Gasteiger partial charge is 0.550 e. The Kier molecular flexibility index (Phi) is 4.85. The number of carboxylic acids is 1. The van der Waals surface area contributed by atoms with E-state index in [4.69, 9.17) is 4.74 Å². The minimum atomic E-state index is -1.17. The van der Waals surface area contributed by atoms with Crippen LogP contribution in [0.25, 0.3) is 0 Å². The lowest BCUT2D eigenvalue weighted by Crippen LogP contribution is -2.42. The normalized spacial score (nSPS) is 21.4. The third-order valence-electron chi connectivity index (χ3n) is 4.24. The van der Waals surface area contributed by atoms with Crippen molar-refractivity contribution < 1.29 is 19.4 Å². The molecule has 0 unspecified atom stereocenters. The first-order valence-electron chi connectivity index (χ1n) is 7.23. The molecule has 1 aliphatic carbocycles. The maximum atomic E-state index is 12.5. The summed E-state index contributed by atoms with van der Waals surface area (Å²) in [7, 11) is 1.55. The first-order valence-corrected chi connectivity index (χ1v) is 7.23. The Morgan fingerprint density at radius 2 is 1.82 bits per heavy atom. The van der Waals surface area contributed by atoms with E-state index in [1.165, 1.54) is 0 Å². The lowest BCUT2D eigenvalue weighted by Gasteiger charge is -2.32. The van der Waals surface area contributed by atoms with Crippen LogP contribution in [0, 0.1) is 11.8 Å². The molecular weight excluding hydrogens is 282 g/mol. The number of carbonyl (C=O) groups excluding carboxylic acids is 2. The van der Waals surface area contributed by atoms with Gasteiger partial charge >= 0.3 is 0 Å². The molecule has 5 heteroatoms. The van der Waals surface area contributed by atoms with Crippen molar-refractivity contribution in [2.45, 2.75) is 26.7 Å². The van der Waals surface area contributed by atoms with E-state index in [1.807, 2.05) is 13.8 Å². The van der Waals surface area contributed by atoms with Crippen molar-refractivity contribution in [3.05, 3.63) is 35.4 Å². The molecule has 5 nitrogen and oxygen atoms in total. The highest BCUT2D eigenvalue weighted by Gasteiger charge is 2.33. The van der Waals surface area contributed by atoms with Gasteiger partial charge in [-0.3, -0.25) is 4.79 Å². The molecule has 0 bridgehead atoms. The summed E-state index contributed by atoms with van der Waals surface area (Å²) in [4.78, 5) is 23.8. The Labute approximate surface area is 130 Å². The summed E-state index contributed by atoms with van der Waals surface area (Å²) in [5.74, 6) is -2.23. The minimum absolute atomic E-state index is 0.297. The number of nitrogens with one attached hydrogen (secondary N) is 1. The summed E-state index contributed by atoms with van der Waals surface area (Å²) >= 11 is 0. The molecule has 0 spiro atoms. The van der Waals surface area contributed by atoms with E-state index < -0.39 is 17.8 Å². The number of allylic oxidation sites excluding steroid dienone is 2. The third kappa shape index (κ3) is 3.47. The number of aliphatic carboxylic acids is 1. The first kappa shape index (κ1) is 16.1. The molecule has 2 atom stereocenters. The van der Waals surface area contributed by atoms with Crippen LogP contribution in [0.4, 0.5) is 5.69 Å². The fraction of sp³-hybridized carbons (Fsp3) is 0.412. The van der Waals surface area contributed by atoms with Crippen LogP contribution in [0.5, 0.6) is 5.75 Å². The van der Waals surface area contributed by atoms with Crippen LogP contribution in [0.2, 0.25) is 0 Å². The van der Waals surface area contributed by atoms with E-state index in [9.17, 15) is 14.7 Å². The first-order chi connectivity index (χ1) is 10.4. The van der Waals surface area contributed by atoms with Crippen molar-refractivity contribution in [2.75, 3.05) is 12.4 Å². The molecule has 0 aromatic heterocycles. The van der Waals surface area contributed by atoms with Gasteiger partial charge in [0.15, 0.2) is 0 Å². The van der Waals surface area contributed by atoms with Crippen LogP contribution in [-0.2, 0) is 9.59 Å². The summed E-state index contributed by atoms with van der Waals surface area (Å²) in [6.07, 6.45) is 0.810. The Morgan fingerprint density at radius 1 is 1.18 bits per heavy atom. The van der Waals surface area contributed by atoms with E-state index in [-0.39, 0.29) is 5.91 Å². The molecule has 22 heavy (non-hydrogen) atoms. The van der Waals surface area contributed by atoms with Crippen LogP contribution in [0.15, 0.2) is 35.4 Å². The average Bonchev–Trinajstić information content (AvgIpc) is 2.49. The standard InChI is InChI=1S/C17H21NO4/c1-10-7-14(15(17(20)21)8-11(10)2)16(19)18-12-5-4-6-13(9-12)22-3/h4-6,9,14-15H,7-8H2,1-3H3,(H,18,19)(H,20,21)/p-1/t14-,15-/m1/s1. The molecule has 2 rings (SSSR count). The van der Waals surface area contributed by atoms with Gasteiger partial charge in [-0.15, -0.1) is 0 Å². The number of ether oxygens (including phenoxy) is 1. The van der Waals surface area contributed by atoms with Crippen molar-refractivity contribution >= 4 is 17.6 Å². The lowest BCUT2D eigenvalue weighted by atomic mass is 9.76. The van der Waals surface area contributed by atoms with Crippen LogP contribution >= 0.6 is 0 Å². The van der Waals surface area contributed by atoms with Gasteiger partial charge in [0, 0.05) is 23.6 Å². The molecule has 1 amide bonds. The molecule has 0 saturated heterocycles. The predicted octanol–water partition coefficient (Wildman–Crippen LogP) is 1.75. The van der Waals surface area contributed by atoms with Crippen LogP contribution in [0.1, 0.15) is 26.7 Å². The molecule has 1 aliphatic rings. The SMILES string of the molecule is COc1cccc(NC(=O)[C@@H]2CC(C)=C(C)C[C@H]2C(=O)[O-])c1. The van der Waals surface area contributed by atoms with Gasteiger partial charge in [-0.1, -0.05) is 17.2 Å². The zero-order valence-corrected chi connectivity index (χ0v) is 13.0. The molecule has 0 saturated carbocycles. The number of anilines is 1. The van der Waals surface area contributed by atoms with Crippen LogP contribution in [0.3, 0.4) is 0 Å². The zero-order valence-electron chi connectivity index (χ0n) is 13.0. The van der Waals surface area contributed by atoms with Gasteiger partial charge in [0.25, 0.3) is 0 Å². The molecular formula is C17H20NO4-. The number of hydrogen-bond donors (Lipinski definition) is 1. The van der Waals surface area contributed by atoms with Crippen molar-refractivity contribution in [1.29, 1.82) is 0 Å². The molecule has 1 aromatic rings. The van der Waals surface area contributed by atoms with Gasteiger partial charge in [-0.05, 0) is 38.8 Å². The highest BCUT2D eigenvalue weighted by Crippen LogP contribution is 2.34. The van der Waals surface area contributed by atoms with Crippen LogP contribution < -0.4 is 15.2 Å². The maximum Gasteiger partial charge on any atom is 0.228 e. The van der Waals surface area contributed by atoms with Crippen molar-refractivity contribution in [2.24, 2.45) is 11.8 Å². The van der Waals surface area contributed by atoms with Crippen LogP contribution in [-0.4, -0.2) is 19.0 Å². The van der Waals surface area contributed by atoms with E-state index in [1.54, 1.807) is 31.4 Å². The molecule has 1 aromatic carbocycles. The number of rotatable bonds is 4. The number of carbonyl (C=O) groups is 2. The zero-order chi connectivity index (χ0) is 16.3. The van der Waals surface area contributed by atoms with Gasteiger partial charge in [-0.2, -0.15) is 0 Å². The maximum absolute atomic E-state index is 12.5. The fourth-order valence-corrected chi connectivity index (χ4v) is 2.75. The third-order valence-corrected chi connectivity index (χ3v) is 4.24. The van der Waals surface area contributed by atoms with Crippen molar-refractivity contribution in [1.82, 2.24) is 0 Å². The van der Waals surface area contributed by atoms with Gasteiger partial charge in [0.05, 0.1) is 13.0 Å².